The molecule has 0 aliphatic heterocycles. The molecule has 0 atom stereocenters. The third-order valence-electron chi connectivity index (χ3n) is 2.32. The summed E-state index contributed by atoms with van der Waals surface area (Å²) in [5, 5.41) is 0.624. The maximum Gasteiger partial charge on any atom is 0.185 e. The van der Waals surface area contributed by atoms with E-state index in [9.17, 15) is 4.79 Å². The second-order valence-electron chi connectivity index (χ2n) is 3.62. The number of benzene rings is 1. The highest BCUT2D eigenvalue weighted by Gasteiger charge is 2.04. The molecule has 2 aromatic rings. The van der Waals surface area contributed by atoms with E-state index in [0.29, 0.717) is 28.6 Å². The molecule has 0 aliphatic carbocycles. The van der Waals surface area contributed by atoms with Crippen LogP contribution in [0, 0.1) is 6.92 Å². The van der Waals surface area contributed by atoms with Gasteiger partial charge in [0, 0.05) is 5.02 Å². The minimum absolute atomic E-state index is 0.273. The van der Waals surface area contributed by atoms with Crippen LogP contribution in [-0.4, -0.2) is 6.29 Å². The maximum absolute atomic E-state index is 10.4. The molecular formula is C13H11ClO3. The zero-order valence-corrected chi connectivity index (χ0v) is 10.0. The normalized spacial score (nSPS) is 10.2. The van der Waals surface area contributed by atoms with Crippen LogP contribution in [0.3, 0.4) is 0 Å². The first-order valence-electron chi connectivity index (χ1n) is 5.12. The van der Waals surface area contributed by atoms with E-state index < -0.39 is 0 Å². The largest absolute Gasteiger partial charge is 0.485 e. The number of aldehydes is 1. The fraction of sp³-hybridized carbons (Fsp3) is 0.154. The molecule has 0 amide bonds. The van der Waals surface area contributed by atoms with E-state index >= 15 is 0 Å². The fourth-order valence-corrected chi connectivity index (χ4v) is 1.58. The summed E-state index contributed by atoms with van der Waals surface area (Å²) in [4.78, 5) is 10.4. The van der Waals surface area contributed by atoms with Gasteiger partial charge in [0.25, 0.3) is 0 Å². The first-order chi connectivity index (χ1) is 8.19. The Labute approximate surface area is 104 Å². The molecule has 0 saturated carbocycles. The zero-order chi connectivity index (χ0) is 12.3. The summed E-state index contributed by atoms with van der Waals surface area (Å²) in [5.41, 5.74) is 0.997. The van der Waals surface area contributed by atoms with Crippen molar-refractivity contribution in [1.82, 2.24) is 0 Å². The molecule has 2 rings (SSSR count). The first-order valence-corrected chi connectivity index (χ1v) is 5.49. The Morgan fingerprint density at radius 1 is 1.35 bits per heavy atom. The molecular weight excluding hydrogens is 240 g/mol. The minimum atomic E-state index is 0.273. The SMILES string of the molecule is Cc1ccc(Cl)cc1OCc1ccc(C=O)o1. The lowest BCUT2D eigenvalue weighted by atomic mass is 10.2. The molecule has 4 heteroatoms. The second-order valence-corrected chi connectivity index (χ2v) is 4.06. The molecule has 1 heterocycles. The van der Waals surface area contributed by atoms with Crippen LogP contribution in [-0.2, 0) is 6.61 Å². The van der Waals surface area contributed by atoms with Crippen LogP contribution in [0.4, 0.5) is 0 Å². The molecule has 1 aromatic heterocycles. The summed E-state index contributed by atoms with van der Waals surface area (Å²) in [6.07, 6.45) is 0.661. The van der Waals surface area contributed by atoms with E-state index in [1.54, 1.807) is 24.3 Å². The van der Waals surface area contributed by atoms with Crippen LogP contribution in [0.1, 0.15) is 21.9 Å². The van der Waals surface area contributed by atoms with Crippen LogP contribution in [0.25, 0.3) is 0 Å². The molecule has 0 spiro atoms. The zero-order valence-electron chi connectivity index (χ0n) is 9.27. The van der Waals surface area contributed by atoms with Gasteiger partial charge in [0.2, 0.25) is 0 Å². The van der Waals surface area contributed by atoms with Crippen molar-refractivity contribution >= 4 is 17.9 Å². The van der Waals surface area contributed by atoms with Gasteiger partial charge in [-0.3, -0.25) is 4.79 Å². The Hall–Kier alpha value is -1.74. The van der Waals surface area contributed by atoms with Gasteiger partial charge in [-0.15, -0.1) is 0 Å². The van der Waals surface area contributed by atoms with Gasteiger partial charge < -0.3 is 9.15 Å². The molecule has 0 saturated heterocycles. The van der Waals surface area contributed by atoms with Crippen molar-refractivity contribution in [2.24, 2.45) is 0 Å². The predicted molar refractivity (Wildman–Crippen MR) is 64.6 cm³/mol. The molecule has 17 heavy (non-hydrogen) atoms. The van der Waals surface area contributed by atoms with E-state index in [-0.39, 0.29) is 6.61 Å². The van der Waals surface area contributed by atoms with Gasteiger partial charge in [0.1, 0.15) is 18.1 Å². The summed E-state index contributed by atoms with van der Waals surface area (Å²) in [5.74, 6) is 1.61. The van der Waals surface area contributed by atoms with Crippen LogP contribution < -0.4 is 4.74 Å². The quantitative estimate of drug-likeness (QED) is 0.778. The van der Waals surface area contributed by atoms with Crippen molar-refractivity contribution in [3.63, 3.8) is 0 Å². The van der Waals surface area contributed by atoms with Crippen molar-refractivity contribution < 1.29 is 13.9 Å². The highest BCUT2D eigenvalue weighted by Crippen LogP contribution is 2.23. The highest BCUT2D eigenvalue weighted by atomic mass is 35.5. The smallest absolute Gasteiger partial charge is 0.185 e. The number of aryl methyl sites for hydroxylation is 1. The predicted octanol–water partition coefficient (Wildman–Crippen LogP) is 3.63. The lowest BCUT2D eigenvalue weighted by Crippen LogP contribution is -1.95. The Bertz CT molecular complexity index is 531. The Balaban J connectivity index is 2.06. The number of carbonyl (C=O) groups is 1. The van der Waals surface area contributed by atoms with Crippen LogP contribution >= 0.6 is 11.6 Å². The number of hydrogen-bond acceptors (Lipinski definition) is 3. The Morgan fingerprint density at radius 3 is 2.88 bits per heavy atom. The Kier molecular flexibility index (Phi) is 3.49. The monoisotopic (exact) mass is 250 g/mol. The standard InChI is InChI=1S/C13H11ClO3/c1-9-2-3-10(14)6-13(9)16-8-12-5-4-11(7-15)17-12/h2-7H,8H2,1H3. The third-order valence-corrected chi connectivity index (χ3v) is 2.55. The van der Waals surface area contributed by atoms with E-state index in [1.807, 2.05) is 13.0 Å². The number of ether oxygens (including phenoxy) is 1. The summed E-state index contributed by atoms with van der Waals surface area (Å²) in [6, 6.07) is 8.76. The molecule has 3 nitrogen and oxygen atoms in total. The molecule has 0 N–H and O–H groups in total. The van der Waals surface area contributed by atoms with Gasteiger partial charge in [0.05, 0.1) is 0 Å². The second kappa shape index (κ2) is 5.06. The summed E-state index contributed by atoms with van der Waals surface area (Å²) in [6.45, 7) is 2.21. The van der Waals surface area contributed by atoms with E-state index in [4.69, 9.17) is 20.8 Å². The van der Waals surface area contributed by atoms with Gasteiger partial charge in [-0.05, 0) is 36.8 Å². The van der Waals surface area contributed by atoms with Crippen molar-refractivity contribution in [1.29, 1.82) is 0 Å². The van der Waals surface area contributed by atoms with Crippen LogP contribution in [0.5, 0.6) is 5.75 Å². The number of furan rings is 1. The number of rotatable bonds is 4. The van der Waals surface area contributed by atoms with Gasteiger partial charge in [-0.1, -0.05) is 17.7 Å². The lowest BCUT2D eigenvalue weighted by Gasteiger charge is -2.07. The van der Waals surface area contributed by atoms with Crippen molar-refractivity contribution in [3.8, 4) is 5.75 Å². The van der Waals surface area contributed by atoms with Crippen LogP contribution in [0.15, 0.2) is 34.7 Å². The first kappa shape index (κ1) is 11.7. The molecule has 88 valence electrons. The molecule has 0 fully saturated rings. The van der Waals surface area contributed by atoms with Gasteiger partial charge in [0.15, 0.2) is 12.0 Å². The molecule has 1 aromatic carbocycles. The summed E-state index contributed by atoms with van der Waals surface area (Å²) in [7, 11) is 0. The van der Waals surface area contributed by atoms with Crippen molar-refractivity contribution in [3.05, 3.63) is 52.4 Å². The topological polar surface area (TPSA) is 39.4 Å². The van der Waals surface area contributed by atoms with E-state index in [0.717, 1.165) is 5.56 Å². The fourth-order valence-electron chi connectivity index (χ4n) is 1.41. The Morgan fingerprint density at radius 2 is 2.18 bits per heavy atom. The van der Waals surface area contributed by atoms with Gasteiger partial charge in [-0.2, -0.15) is 0 Å². The average molecular weight is 251 g/mol. The molecule has 0 radical (unpaired) electrons. The van der Waals surface area contributed by atoms with Gasteiger partial charge >= 0.3 is 0 Å². The molecule has 0 unspecified atom stereocenters. The number of carbonyl (C=O) groups excluding carboxylic acids is 1. The lowest BCUT2D eigenvalue weighted by molar-refractivity contribution is 0.109. The van der Waals surface area contributed by atoms with Gasteiger partial charge in [-0.25, -0.2) is 0 Å². The summed E-state index contributed by atoms with van der Waals surface area (Å²) >= 11 is 5.88. The van der Waals surface area contributed by atoms with Crippen molar-refractivity contribution in [2.45, 2.75) is 13.5 Å². The highest BCUT2D eigenvalue weighted by molar-refractivity contribution is 6.30. The van der Waals surface area contributed by atoms with E-state index in [2.05, 4.69) is 0 Å². The number of hydrogen-bond donors (Lipinski definition) is 0. The molecule has 0 aliphatic rings. The summed E-state index contributed by atoms with van der Waals surface area (Å²) < 4.78 is 10.8. The maximum atomic E-state index is 10.4. The minimum Gasteiger partial charge on any atom is -0.485 e. The molecule has 0 bridgehead atoms. The average Bonchev–Trinajstić information content (AvgIpc) is 2.78. The number of halogens is 1. The van der Waals surface area contributed by atoms with E-state index in [1.165, 1.54) is 0 Å². The van der Waals surface area contributed by atoms with Crippen LogP contribution in [0.2, 0.25) is 5.02 Å². The third kappa shape index (κ3) is 2.88. The van der Waals surface area contributed by atoms with Crippen molar-refractivity contribution in [2.75, 3.05) is 0 Å².